The zero-order chi connectivity index (χ0) is 23.9. The van der Waals surface area contributed by atoms with Gasteiger partial charge in [-0.15, -0.1) is 5.10 Å². The maximum atomic E-state index is 13.4. The van der Waals surface area contributed by atoms with E-state index in [-0.39, 0.29) is 17.9 Å². The van der Waals surface area contributed by atoms with Gasteiger partial charge in [0.25, 0.3) is 11.8 Å². The quantitative estimate of drug-likeness (QED) is 0.416. The summed E-state index contributed by atoms with van der Waals surface area (Å²) >= 11 is 0. The number of carbonyl (C=O) groups excluding carboxylic acids is 2. The number of nitrogens with zero attached hydrogens (tertiary/aromatic N) is 6. The molecule has 0 spiro atoms. The van der Waals surface area contributed by atoms with Crippen molar-refractivity contribution in [2.75, 3.05) is 13.6 Å². The summed E-state index contributed by atoms with van der Waals surface area (Å²) < 4.78 is 3.29. The van der Waals surface area contributed by atoms with Crippen LogP contribution < -0.4 is 5.32 Å². The SMILES string of the molecule is CN(C(=O)c1cccc(-n2cnnn2)c1)C(CCNC(=O)c1cccn1C)Cc1ccccc1. The Balaban J connectivity index is 1.48. The lowest BCUT2D eigenvalue weighted by Crippen LogP contribution is -2.41. The highest BCUT2D eigenvalue weighted by Crippen LogP contribution is 2.16. The molecule has 0 aliphatic rings. The Bertz CT molecular complexity index is 1240. The number of aromatic nitrogens is 5. The van der Waals surface area contributed by atoms with Crippen molar-refractivity contribution >= 4 is 11.8 Å². The summed E-state index contributed by atoms with van der Waals surface area (Å²) in [6.07, 6.45) is 4.61. The van der Waals surface area contributed by atoms with Crippen LogP contribution in [0, 0.1) is 0 Å². The molecule has 2 aromatic heterocycles. The van der Waals surface area contributed by atoms with E-state index in [1.165, 1.54) is 11.0 Å². The van der Waals surface area contributed by atoms with Crippen molar-refractivity contribution in [3.8, 4) is 5.69 Å². The third-order valence-electron chi connectivity index (χ3n) is 5.83. The maximum absolute atomic E-state index is 13.4. The number of hydrogen-bond acceptors (Lipinski definition) is 5. The number of benzene rings is 2. The largest absolute Gasteiger partial charge is 0.351 e. The van der Waals surface area contributed by atoms with Crippen molar-refractivity contribution in [3.05, 3.63) is 96.1 Å². The van der Waals surface area contributed by atoms with Crippen LogP contribution in [-0.2, 0) is 13.5 Å². The molecule has 2 heterocycles. The van der Waals surface area contributed by atoms with Gasteiger partial charge in [0.05, 0.1) is 5.69 Å². The standard InChI is InChI=1S/C25H27N7O2/c1-30-15-7-12-23(30)24(33)26-14-13-21(16-19-8-4-3-5-9-19)31(2)25(34)20-10-6-11-22(17-20)32-18-27-28-29-32/h3-12,15,17-18,21H,13-14,16H2,1-2H3,(H,26,33). The minimum atomic E-state index is -0.130. The van der Waals surface area contributed by atoms with E-state index in [2.05, 4.69) is 20.8 Å². The lowest BCUT2D eigenvalue weighted by atomic mass is 10.0. The maximum Gasteiger partial charge on any atom is 0.267 e. The van der Waals surface area contributed by atoms with E-state index in [4.69, 9.17) is 0 Å². The molecule has 0 saturated carbocycles. The number of amides is 2. The highest BCUT2D eigenvalue weighted by atomic mass is 16.2. The van der Waals surface area contributed by atoms with E-state index in [1.807, 2.05) is 61.8 Å². The second-order valence-electron chi connectivity index (χ2n) is 8.11. The average Bonchev–Trinajstić information content (AvgIpc) is 3.55. The van der Waals surface area contributed by atoms with E-state index in [0.29, 0.717) is 36.3 Å². The fourth-order valence-corrected chi connectivity index (χ4v) is 3.89. The van der Waals surface area contributed by atoms with E-state index >= 15 is 0 Å². The molecule has 9 heteroatoms. The van der Waals surface area contributed by atoms with Crippen molar-refractivity contribution in [2.45, 2.75) is 18.9 Å². The first-order chi connectivity index (χ1) is 16.5. The van der Waals surface area contributed by atoms with Gasteiger partial charge in [-0.3, -0.25) is 9.59 Å². The summed E-state index contributed by atoms with van der Waals surface area (Å²) in [5, 5.41) is 14.2. The highest BCUT2D eigenvalue weighted by molar-refractivity contribution is 5.95. The van der Waals surface area contributed by atoms with Crippen LogP contribution in [0.15, 0.2) is 79.3 Å². The summed E-state index contributed by atoms with van der Waals surface area (Å²) in [6, 6.07) is 20.7. The first-order valence-corrected chi connectivity index (χ1v) is 11.1. The van der Waals surface area contributed by atoms with Gasteiger partial charge in [-0.25, -0.2) is 4.68 Å². The summed E-state index contributed by atoms with van der Waals surface area (Å²) in [4.78, 5) is 27.7. The number of likely N-dealkylation sites (N-methyl/N-ethyl adjacent to an activating group) is 1. The van der Waals surface area contributed by atoms with Gasteiger partial charge in [-0.2, -0.15) is 0 Å². The fourth-order valence-electron chi connectivity index (χ4n) is 3.89. The molecule has 0 fully saturated rings. The molecule has 0 aliphatic heterocycles. The zero-order valence-corrected chi connectivity index (χ0v) is 19.2. The highest BCUT2D eigenvalue weighted by Gasteiger charge is 2.22. The third kappa shape index (κ3) is 5.37. The second kappa shape index (κ2) is 10.6. The summed E-state index contributed by atoms with van der Waals surface area (Å²) in [7, 11) is 3.64. The topological polar surface area (TPSA) is 97.9 Å². The Morgan fingerprint density at radius 3 is 2.59 bits per heavy atom. The molecule has 0 saturated heterocycles. The molecule has 2 aromatic carbocycles. The molecule has 0 aliphatic carbocycles. The van der Waals surface area contributed by atoms with E-state index in [1.54, 1.807) is 34.7 Å². The molecule has 34 heavy (non-hydrogen) atoms. The lowest BCUT2D eigenvalue weighted by molar-refractivity contribution is 0.0722. The van der Waals surface area contributed by atoms with Crippen LogP contribution in [0.3, 0.4) is 0 Å². The van der Waals surface area contributed by atoms with Gasteiger partial charge in [0, 0.05) is 38.4 Å². The summed E-state index contributed by atoms with van der Waals surface area (Å²) in [5.41, 5.74) is 2.98. The number of nitrogens with one attached hydrogen (secondary N) is 1. The predicted octanol–water partition coefficient (Wildman–Crippen LogP) is 2.50. The van der Waals surface area contributed by atoms with Crippen LogP contribution >= 0.6 is 0 Å². The van der Waals surface area contributed by atoms with Crippen molar-refractivity contribution in [1.82, 2.24) is 35.0 Å². The lowest BCUT2D eigenvalue weighted by Gasteiger charge is -2.29. The number of carbonyl (C=O) groups is 2. The van der Waals surface area contributed by atoms with Gasteiger partial charge in [0.1, 0.15) is 12.0 Å². The first kappa shape index (κ1) is 22.9. The monoisotopic (exact) mass is 457 g/mol. The summed E-state index contributed by atoms with van der Waals surface area (Å²) in [5.74, 6) is -0.237. The molecular weight excluding hydrogens is 430 g/mol. The number of hydrogen-bond donors (Lipinski definition) is 1. The van der Waals surface area contributed by atoms with Crippen molar-refractivity contribution in [2.24, 2.45) is 7.05 Å². The molecule has 1 unspecified atom stereocenters. The molecule has 0 bridgehead atoms. The van der Waals surface area contributed by atoms with Crippen LogP contribution in [0.5, 0.6) is 0 Å². The molecule has 4 aromatic rings. The van der Waals surface area contributed by atoms with Gasteiger partial charge >= 0.3 is 0 Å². The molecule has 174 valence electrons. The molecule has 9 nitrogen and oxygen atoms in total. The molecule has 2 amide bonds. The average molecular weight is 458 g/mol. The second-order valence-corrected chi connectivity index (χ2v) is 8.11. The Labute approximate surface area is 198 Å². The van der Waals surface area contributed by atoms with E-state index < -0.39 is 0 Å². The van der Waals surface area contributed by atoms with Crippen molar-refractivity contribution < 1.29 is 9.59 Å². The predicted molar refractivity (Wildman–Crippen MR) is 128 cm³/mol. The number of rotatable bonds is 9. The van der Waals surface area contributed by atoms with Gasteiger partial charge in [0.15, 0.2) is 0 Å². The van der Waals surface area contributed by atoms with E-state index in [0.717, 1.165) is 5.56 Å². The number of tetrazole rings is 1. The normalized spacial score (nSPS) is 11.7. The molecule has 1 atom stereocenters. The molecular formula is C25H27N7O2. The first-order valence-electron chi connectivity index (χ1n) is 11.1. The molecule has 1 N–H and O–H groups in total. The minimum Gasteiger partial charge on any atom is -0.351 e. The Kier molecular flexibility index (Phi) is 7.12. The van der Waals surface area contributed by atoms with Crippen LogP contribution in [0.1, 0.15) is 32.8 Å². The van der Waals surface area contributed by atoms with Crippen LogP contribution in [-0.4, -0.2) is 61.1 Å². The van der Waals surface area contributed by atoms with Gasteiger partial charge in [0.2, 0.25) is 0 Å². The minimum absolute atomic E-state index is 0.107. The summed E-state index contributed by atoms with van der Waals surface area (Å²) in [6.45, 7) is 0.448. The number of aryl methyl sites for hydroxylation is 1. The van der Waals surface area contributed by atoms with Crippen LogP contribution in [0.2, 0.25) is 0 Å². The van der Waals surface area contributed by atoms with Gasteiger partial charge in [-0.1, -0.05) is 36.4 Å². The Morgan fingerprint density at radius 1 is 1.06 bits per heavy atom. The van der Waals surface area contributed by atoms with Gasteiger partial charge < -0.3 is 14.8 Å². The van der Waals surface area contributed by atoms with Crippen molar-refractivity contribution in [3.63, 3.8) is 0 Å². The molecule has 4 rings (SSSR count). The smallest absolute Gasteiger partial charge is 0.267 e. The Hall–Kier alpha value is -4.27. The van der Waals surface area contributed by atoms with Crippen LogP contribution in [0.25, 0.3) is 5.69 Å². The Morgan fingerprint density at radius 2 is 1.88 bits per heavy atom. The van der Waals surface area contributed by atoms with Gasteiger partial charge in [-0.05, 0) is 59.2 Å². The van der Waals surface area contributed by atoms with E-state index in [9.17, 15) is 9.59 Å². The molecule has 0 radical (unpaired) electrons. The van der Waals surface area contributed by atoms with Crippen LogP contribution in [0.4, 0.5) is 0 Å². The fraction of sp³-hybridized carbons (Fsp3) is 0.240. The zero-order valence-electron chi connectivity index (χ0n) is 19.2. The third-order valence-corrected chi connectivity index (χ3v) is 5.83. The van der Waals surface area contributed by atoms with Crippen molar-refractivity contribution in [1.29, 1.82) is 0 Å².